The highest BCUT2D eigenvalue weighted by Gasteiger charge is 2.07. The third kappa shape index (κ3) is 4.42. The van der Waals surface area contributed by atoms with E-state index in [1.807, 2.05) is 13.8 Å². The molecule has 0 saturated carbocycles. The van der Waals surface area contributed by atoms with E-state index in [0.717, 1.165) is 5.56 Å². The Bertz CT molecular complexity index is 375. The van der Waals surface area contributed by atoms with Gasteiger partial charge in [0.25, 0.3) is 0 Å². The Morgan fingerprint density at radius 3 is 2.56 bits per heavy atom. The van der Waals surface area contributed by atoms with E-state index in [-0.39, 0.29) is 12.6 Å². The molecule has 0 saturated heterocycles. The van der Waals surface area contributed by atoms with Gasteiger partial charge in [-0.3, -0.25) is 4.79 Å². The summed E-state index contributed by atoms with van der Waals surface area (Å²) in [5, 5.41) is 0.970. The second-order valence-corrected chi connectivity index (χ2v) is 4.82. The van der Waals surface area contributed by atoms with Crippen molar-refractivity contribution in [3.8, 4) is 0 Å². The average molecular weight is 261 g/mol. The van der Waals surface area contributed by atoms with Crippen LogP contribution in [0, 0.1) is 5.92 Å². The van der Waals surface area contributed by atoms with Crippen molar-refractivity contribution in [1.82, 2.24) is 0 Å². The molecule has 2 nitrogen and oxygen atoms in total. The van der Waals surface area contributed by atoms with Gasteiger partial charge < -0.3 is 4.74 Å². The van der Waals surface area contributed by atoms with Crippen LogP contribution < -0.4 is 0 Å². The van der Waals surface area contributed by atoms with Crippen LogP contribution in [-0.2, 0) is 16.1 Å². The Morgan fingerprint density at radius 1 is 1.31 bits per heavy atom. The molecule has 0 aromatic heterocycles. The second-order valence-electron chi connectivity index (χ2n) is 4.01. The van der Waals surface area contributed by atoms with Crippen molar-refractivity contribution < 1.29 is 9.53 Å². The third-order valence-corrected chi connectivity index (χ3v) is 2.70. The minimum atomic E-state index is -0.193. The lowest BCUT2D eigenvalue weighted by Crippen LogP contribution is -2.07. The van der Waals surface area contributed by atoms with Crippen molar-refractivity contribution in [1.29, 1.82) is 0 Å². The zero-order valence-corrected chi connectivity index (χ0v) is 10.8. The molecule has 1 aromatic carbocycles. The first-order valence-corrected chi connectivity index (χ1v) is 5.84. The third-order valence-electron chi connectivity index (χ3n) is 1.96. The van der Waals surface area contributed by atoms with Crippen LogP contribution in [0.5, 0.6) is 0 Å². The number of hydrogen-bond donors (Lipinski definition) is 0. The lowest BCUT2D eigenvalue weighted by molar-refractivity contribution is -0.145. The van der Waals surface area contributed by atoms with Gasteiger partial charge >= 0.3 is 5.97 Å². The maximum atomic E-state index is 11.3. The highest BCUT2D eigenvalue weighted by Crippen LogP contribution is 2.22. The number of ether oxygens (including phenoxy) is 1. The zero-order valence-electron chi connectivity index (χ0n) is 9.30. The lowest BCUT2D eigenvalue weighted by Gasteiger charge is -2.07. The van der Waals surface area contributed by atoms with Crippen molar-refractivity contribution in [3.05, 3.63) is 33.8 Å². The highest BCUT2D eigenvalue weighted by atomic mass is 35.5. The Labute approximate surface area is 106 Å². The molecular formula is C12H14Cl2O2. The molecule has 1 aromatic rings. The molecule has 0 heterocycles. The number of hydrogen-bond acceptors (Lipinski definition) is 2. The number of halogens is 2. The number of rotatable bonds is 4. The van der Waals surface area contributed by atoms with Crippen LogP contribution >= 0.6 is 23.2 Å². The molecule has 4 heteroatoms. The molecule has 0 spiro atoms. The maximum absolute atomic E-state index is 11.3. The quantitative estimate of drug-likeness (QED) is 0.763. The molecule has 0 fully saturated rings. The van der Waals surface area contributed by atoms with E-state index in [9.17, 15) is 4.79 Å². The van der Waals surface area contributed by atoms with Gasteiger partial charge in [0.1, 0.15) is 6.61 Å². The number of esters is 1. The van der Waals surface area contributed by atoms with E-state index < -0.39 is 0 Å². The number of carbonyl (C=O) groups is 1. The molecular weight excluding hydrogens is 247 g/mol. The summed E-state index contributed by atoms with van der Waals surface area (Å²) in [7, 11) is 0. The van der Waals surface area contributed by atoms with Crippen LogP contribution in [0.4, 0.5) is 0 Å². The minimum absolute atomic E-state index is 0.193. The van der Waals surface area contributed by atoms with E-state index >= 15 is 0 Å². The van der Waals surface area contributed by atoms with Gasteiger partial charge in [-0.05, 0) is 23.6 Å². The largest absolute Gasteiger partial charge is 0.461 e. The summed E-state index contributed by atoms with van der Waals surface area (Å²) in [6, 6.07) is 5.18. The summed E-state index contributed by atoms with van der Waals surface area (Å²) in [6.45, 7) is 4.18. The van der Waals surface area contributed by atoms with Crippen LogP contribution in [0.3, 0.4) is 0 Å². The van der Waals surface area contributed by atoms with Crippen molar-refractivity contribution in [2.75, 3.05) is 0 Å². The van der Waals surface area contributed by atoms with Crippen LogP contribution in [0.1, 0.15) is 25.8 Å². The SMILES string of the molecule is CC(C)CC(=O)OCc1ccc(Cl)c(Cl)c1. The van der Waals surface area contributed by atoms with Crippen molar-refractivity contribution >= 4 is 29.2 Å². The summed E-state index contributed by atoms with van der Waals surface area (Å²) >= 11 is 11.6. The molecule has 0 unspecified atom stereocenters. The fourth-order valence-electron chi connectivity index (χ4n) is 1.19. The minimum Gasteiger partial charge on any atom is -0.461 e. The molecule has 0 aliphatic heterocycles. The Balaban J connectivity index is 2.48. The summed E-state index contributed by atoms with van der Waals surface area (Å²) in [4.78, 5) is 11.3. The van der Waals surface area contributed by atoms with Crippen molar-refractivity contribution in [3.63, 3.8) is 0 Å². The Morgan fingerprint density at radius 2 is 2.00 bits per heavy atom. The molecule has 88 valence electrons. The van der Waals surface area contributed by atoms with E-state index in [1.165, 1.54) is 0 Å². The molecule has 1 rings (SSSR count). The highest BCUT2D eigenvalue weighted by molar-refractivity contribution is 6.42. The van der Waals surface area contributed by atoms with Gasteiger partial charge in [0.05, 0.1) is 10.0 Å². The van der Waals surface area contributed by atoms with Gasteiger partial charge in [-0.1, -0.05) is 43.1 Å². The standard InChI is InChI=1S/C12H14Cl2O2/c1-8(2)5-12(15)16-7-9-3-4-10(13)11(14)6-9/h3-4,6,8H,5,7H2,1-2H3. The Kier molecular flexibility index (Phi) is 5.10. The molecule has 16 heavy (non-hydrogen) atoms. The average Bonchev–Trinajstić information content (AvgIpc) is 2.19. The second kappa shape index (κ2) is 6.12. The number of carbonyl (C=O) groups excluding carboxylic acids is 1. The number of benzene rings is 1. The molecule has 0 bridgehead atoms. The van der Waals surface area contributed by atoms with E-state index in [2.05, 4.69) is 0 Å². The van der Waals surface area contributed by atoms with Gasteiger partial charge in [-0.15, -0.1) is 0 Å². The van der Waals surface area contributed by atoms with Crippen molar-refractivity contribution in [2.24, 2.45) is 5.92 Å². The van der Waals surface area contributed by atoms with Crippen LogP contribution in [0.15, 0.2) is 18.2 Å². The van der Waals surface area contributed by atoms with Crippen LogP contribution in [0.25, 0.3) is 0 Å². The van der Waals surface area contributed by atoms with Crippen LogP contribution in [0.2, 0.25) is 10.0 Å². The summed E-state index contributed by atoms with van der Waals surface area (Å²) in [6.07, 6.45) is 0.432. The lowest BCUT2D eigenvalue weighted by atomic mass is 10.1. The molecule has 0 aliphatic rings. The summed E-state index contributed by atoms with van der Waals surface area (Å²) in [5.41, 5.74) is 0.839. The predicted octanol–water partition coefficient (Wildman–Crippen LogP) is 4.08. The first-order valence-electron chi connectivity index (χ1n) is 5.08. The molecule has 0 N–H and O–H groups in total. The van der Waals surface area contributed by atoms with E-state index in [1.54, 1.807) is 18.2 Å². The summed E-state index contributed by atoms with van der Waals surface area (Å²) < 4.78 is 5.09. The fourth-order valence-corrected chi connectivity index (χ4v) is 1.51. The van der Waals surface area contributed by atoms with E-state index in [0.29, 0.717) is 22.4 Å². The molecule has 0 aliphatic carbocycles. The van der Waals surface area contributed by atoms with Crippen molar-refractivity contribution in [2.45, 2.75) is 26.9 Å². The first kappa shape index (κ1) is 13.3. The molecule has 0 atom stereocenters. The molecule has 0 radical (unpaired) electrons. The molecule has 0 amide bonds. The maximum Gasteiger partial charge on any atom is 0.306 e. The normalized spacial score (nSPS) is 10.6. The van der Waals surface area contributed by atoms with E-state index in [4.69, 9.17) is 27.9 Å². The topological polar surface area (TPSA) is 26.3 Å². The zero-order chi connectivity index (χ0) is 12.1. The predicted molar refractivity (Wildman–Crippen MR) is 65.7 cm³/mol. The fraction of sp³-hybridized carbons (Fsp3) is 0.417. The van der Waals surface area contributed by atoms with Crippen LogP contribution in [-0.4, -0.2) is 5.97 Å². The monoisotopic (exact) mass is 260 g/mol. The first-order chi connectivity index (χ1) is 7.49. The van der Waals surface area contributed by atoms with Gasteiger partial charge in [-0.2, -0.15) is 0 Å². The van der Waals surface area contributed by atoms with Gasteiger partial charge in [0, 0.05) is 6.42 Å². The van der Waals surface area contributed by atoms with Gasteiger partial charge in [0.15, 0.2) is 0 Å². The Hall–Kier alpha value is -0.730. The summed E-state index contributed by atoms with van der Waals surface area (Å²) in [5.74, 6) is 0.113. The smallest absolute Gasteiger partial charge is 0.306 e. The van der Waals surface area contributed by atoms with Gasteiger partial charge in [0.2, 0.25) is 0 Å². The van der Waals surface area contributed by atoms with Gasteiger partial charge in [-0.25, -0.2) is 0 Å².